The summed E-state index contributed by atoms with van der Waals surface area (Å²) >= 11 is 0. The second-order valence-corrected chi connectivity index (χ2v) is 8.49. The van der Waals surface area contributed by atoms with Crippen molar-refractivity contribution < 1.29 is 14.0 Å². The van der Waals surface area contributed by atoms with Crippen molar-refractivity contribution in [1.29, 1.82) is 0 Å². The number of benzene rings is 3. The van der Waals surface area contributed by atoms with Crippen LogP contribution in [0.2, 0.25) is 0 Å². The molecule has 178 valence electrons. The second-order valence-electron chi connectivity index (χ2n) is 8.49. The molecule has 3 aromatic carbocycles. The van der Waals surface area contributed by atoms with E-state index < -0.39 is 11.7 Å². The minimum atomic E-state index is -0.857. The third-order valence-electron chi connectivity index (χ3n) is 6.06. The van der Waals surface area contributed by atoms with Crippen LogP contribution in [0.4, 0.5) is 4.39 Å². The number of allylic oxidation sites excluding steroid dienone is 2. The number of amides is 2. The minimum absolute atomic E-state index is 0.280. The lowest BCUT2D eigenvalue weighted by Gasteiger charge is -2.31. The van der Waals surface area contributed by atoms with E-state index in [1.165, 1.54) is 6.07 Å². The highest BCUT2D eigenvalue weighted by Crippen LogP contribution is 2.39. The monoisotopic (exact) mass is 469 g/mol. The molecule has 35 heavy (non-hydrogen) atoms. The van der Waals surface area contributed by atoms with Crippen molar-refractivity contribution in [2.45, 2.75) is 32.9 Å². The summed E-state index contributed by atoms with van der Waals surface area (Å²) in [6, 6.07) is 25.4. The molecule has 0 bridgehead atoms. The predicted molar refractivity (Wildman–Crippen MR) is 134 cm³/mol. The minimum Gasteiger partial charge on any atom is -0.362 e. The number of carbonyl (C=O) groups excluding carboxylic acids is 2. The van der Waals surface area contributed by atoms with Gasteiger partial charge in [-0.05, 0) is 31.0 Å². The summed E-state index contributed by atoms with van der Waals surface area (Å²) in [5.41, 5.74) is 3.97. The Kier molecular flexibility index (Phi) is 7.41. The van der Waals surface area contributed by atoms with Gasteiger partial charge in [0, 0.05) is 41.2 Å². The van der Waals surface area contributed by atoms with Crippen LogP contribution in [0.15, 0.2) is 107 Å². The van der Waals surface area contributed by atoms with Crippen LogP contribution in [0.25, 0.3) is 0 Å². The lowest BCUT2D eigenvalue weighted by molar-refractivity contribution is -0.118. The highest BCUT2D eigenvalue weighted by atomic mass is 19.1. The lowest BCUT2D eigenvalue weighted by Crippen LogP contribution is -2.39. The van der Waals surface area contributed by atoms with Gasteiger partial charge >= 0.3 is 0 Å². The first-order valence-corrected chi connectivity index (χ1v) is 11.5. The Morgan fingerprint density at radius 2 is 1.14 bits per heavy atom. The van der Waals surface area contributed by atoms with Gasteiger partial charge in [0.1, 0.15) is 5.82 Å². The zero-order valence-corrected chi connectivity index (χ0v) is 19.8. The Hall–Kier alpha value is -4.19. The van der Waals surface area contributed by atoms with Crippen molar-refractivity contribution in [2.75, 3.05) is 0 Å². The fraction of sp³-hybridized carbons (Fsp3) is 0.172. The summed E-state index contributed by atoms with van der Waals surface area (Å²) < 4.78 is 15.1. The van der Waals surface area contributed by atoms with Gasteiger partial charge in [-0.3, -0.25) is 9.59 Å². The molecule has 0 unspecified atom stereocenters. The van der Waals surface area contributed by atoms with E-state index in [4.69, 9.17) is 0 Å². The summed E-state index contributed by atoms with van der Waals surface area (Å²) in [6.45, 7) is 4.18. The van der Waals surface area contributed by atoms with Crippen molar-refractivity contribution in [3.8, 4) is 0 Å². The molecule has 1 heterocycles. The highest BCUT2D eigenvalue weighted by Gasteiger charge is 2.37. The van der Waals surface area contributed by atoms with E-state index in [1.807, 2.05) is 60.7 Å². The summed E-state index contributed by atoms with van der Waals surface area (Å²) in [7, 11) is 0. The Balaban J connectivity index is 1.67. The molecule has 3 aromatic rings. The van der Waals surface area contributed by atoms with Crippen molar-refractivity contribution >= 4 is 11.8 Å². The Morgan fingerprint density at radius 1 is 0.714 bits per heavy atom. The molecule has 0 saturated heterocycles. The summed E-state index contributed by atoms with van der Waals surface area (Å²) in [6.07, 6.45) is 0. The molecule has 0 fully saturated rings. The van der Waals surface area contributed by atoms with Gasteiger partial charge in [0.2, 0.25) is 11.8 Å². The quantitative estimate of drug-likeness (QED) is 0.470. The maximum absolute atomic E-state index is 15.1. The van der Waals surface area contributed by atoms with Crippen molar-refractivity contribution in [1.82, 2.24) is 16.0 Å². The van der Waals surface area contributed by atoms with Crippen LogP contribution in [0.3, 0.4) is 0 Å². The Bertz CT molecular complexity index is 1210. The second kappa shape index (κ2) is 10.8. The fourth-order valence-corrected chi connectivity index (χ4v) is 4.36. The first kappa shape index (κ1) is 24.0. The molecule has 2 amide bonds. The number of dihydropyridines is 1. The molecule has 5 nitrogen and oxygen atoms in total. The largest absolute Gasteiger partial charge is 0.362 e. The average molecular weight is 470 g/mol. The highest BCUT2D eigenvalue weighted by molar-refractivity contribution is 6.03. The smallest absolute Gasteiger partial charge is 0.250 e. The third-order valence-corrected chi connectivity index (χ3v) is 6.06. The van der Waals surface area contributed by atoms with E-state index in [0.29, 0.717) is 35.6 Å². The molecule has 0 aliphatic carbocycles. The van der Waals surface area contributed by atoms with Gasteiger partial charge in [0.15, 0.2) is 0 Å². The van der Waals surface area contributed by atoms with Crippen LogP contribution in [0.5, 0.6) is 0 Å². The molecular formula is C29H28FN3O2. The van der Waals surface area contributed by atoms with Gasteiger partial charge in [-0.15, -0.1) is 0 Å². The molecule has 4 rings (SSSR count). The molecule has 0 radical (unpaired) electrons. The number of rotatable bonds is 7. The van der Waals surface area contributed by atoms with E-state index in [0.717, 1.165) is 11.1 Å². The molecule has 0 atom stereocenters. The molecule has 1 aliphatic heterocycles. The van der Waals surface area contributed by atoms with Crippen molar-refractivity contribution in [3.05, 3.63) is 130 Å². The number of hydrogen-bond donors (Lipinski definition) is 3. The SMILES string of the molecule is CC1=C(C(=O)NCc2ccccc2)C(c2ccccc2F)C(C(=O)NCc2ccccc2)=C(C)N1. The number of halogens is 1. The van der Waals surface area contributed by atoms with Crippen LogP contribution in [-0.4, -0.2) is 11.8 Å². The average Bonchev–Trinajstić information content (AvgIpc) is 2.87. The first-order chi connectivity index (χ1) is 17.0. The van der Waals surface area contributed by atoms with Gasteiger partial charge < -0.3 is 16.0 Å². The molecule has 3 N–H and O–H groups in total. The van der Waals surface area contributed by atoms with Gasteiger partial charge in [0.25, 0.3) is 0 Å². The maximum Gasteiger partial charge on any atom is 0.250 e. The summed E-state index contributed by atoms with van der Waals surface area (Å²) in [5, 5.41) is 9.05. The molecular weight excluding hydrogens is 441 g/mol. The topological polar surface area (TPSA) is 70.2 Å². The van der Waals surface area contributed by atoms with E-state index in [9.17, 15) is 9.59 Å². The molecule has 1 aliphatic rings. The zero-order chi connectivity index (χ0) is 24.8. The van der Waals surface area contributed by atoms with Gasteiger partial charge in [0.05, 0.1) is 5.92 Å². The maximum atomic E-state index is 15.1. The molecule has 0 aromatic heterocycles. The van der Waals surface area contributed by atoms with Crippen LogP contribution in [-0.2, 0) is 22.7 Å². The predicted octanol–water partition coefficient (Wildman–Crippen LogP) is 4.69. The lowest BCUT2D eigenvalue weighted by atomic mass is 9.79. The van der Waals surface area contributed by atoms with Crippen LogP contribution >= 0.6 is 0 Å². The van der Waals surface area contributed by atoms with E-state index >= 15 is 4.39 Å². The van der Waals surface area contributed by atoms with Crippen LogP contribution < -0.4 is 16.0 Å². The molecule has 0 saturated carbocycles. The van der Waals surface area contributed by atoms with Crippen LogP contribution in [0, 0.1) is 5.82 Å². The Morgan fingerprint density at radius 3 is 1.60 bits per heavy atom. The van der Waals surface area contributed by atoms with Crippen LogP contribution in [0.1, 0.15) is 36.5 Å². The van der Waals surface area contributed by atoms with Gasteiger partial charge in [-0.1, -0.05) is 78.9 Å². The number of hydrogen-bond acceptors (Lipinski definition) is 3. The van der Waals surface area contributed by atoms with Crippen molar-refractivity contribution in [2.24, 2.45) is 0 Å². The van der Waals surface area contributed by atoms with E-state index in [2.05, 4.69) is 16.0 Å². The summed E-state index contributed by atoms with van der Waals surface area (Å²) in [4.78, 5) is 26.9. The molecule has 6 heteroatoms. The first-order valence-electron chi connectivity index (χ1n) is 11.5. The number of carbonyl (C=O) groups is 2. The standard InChI is InChI=1S/C29H28FN3O2/c1-19-25(28(34)31-17-21-11-5-3-6-12-21)27(23-15-9-10-16-24(23)30)26(20(2)33-19)29(35)32-18-22-13-7-4-8-14-22/h3-16,27,33H,17-18H2,1-2H3,(H,31,34)(H,32,35). The van der Waals surface area contributed by atoms with Gasteiger partial charge in [-0.25, -0.2) is 4.39 Å². The van der Waals surface area contributed by atoms with Gasteiger partial charge in [-0.2, -0.15) is 0 Å². The normalized spacial score (nSPS) is 13.9. The van der Waals surface area contributed by atoms with E-state index in [1.54, 1.807) is 32.0 Å². The fourth-order valence-electron chi connectivity index (χ4n) is 4.36. The Labute approximate surface area is 204 Å². The van der Waals surface area contributed by atoms with Crippen molar-refractivity contribution in [3.63, 3.8) is 0 Å². The molecule has 0 spiro atoms. The summed E-state index contributed by atoms with van der Waals surface area (Å²) in [5.74, 6) is -2.04. The van der Waals surface area contributed by atoms with E-state index in [-0.39, 0.29) is 17.4 Å². The number of nitrogens with one attached hydrogen (secondary N) is 3. The zero-order valence-electron chi connectivity index (χ0n) is 19.8. The third kappa shape index (κ3) is 5.49.